The van der Waals surface area contributed by atoms with E-state index >= 15 is 0 Å². The number of carbonyl (C=O) groups excluding carboxylic acids is 3. The second-order valence-corrected chi connectivity index (χ2v) is 11.4. The van der Waals surface area contributed by atoms with Gasteiger partial charge >= 0.3 is 0 Å². The minimum absolute atomic E-state index is 0.00750. The highest BCUT2D eigenvalue weighted by Crippen LogP contribution is 2.38. The van der Waals surface area contributed by atoms with Crippen LogP contribution in [-0.2, 0) is 29.2 Å². The average molecular weight is 653 g/mol. The van der Waals surface area contributed by atoms with Crippen LogP contribution >= 0.6 is 27.7 Å². The number of benzene rings is 3. The highest BCUT2D eigenvalue weighted by Gasteiger charge is 2.37. The van der Waals surface area contributed by atoms with Gasteiger partial charge in [-0.15, -0.1) is 0 Å². The third kappa shape index (κ3) is 6.50. The van der Waals surface area contributed by atoms with Gasteiger partial charge in [-0.25, -0.2) is 0 Å². The number of ether oxygens (including phenoxy) is 2. The predicted octanol–water partition coefficient (Wildman–Crippen LogP) is 5.96. The van der Waals surface area contributed by atoms with Crippen molar-refractivity contribution in [2.45, 2.75) is 26.5 Å². The Labute approximate surface area is 254 Å². The van der Waals surface area contributed by atoms with E-state index in [0.717, 1.165) is 34.2 Å². The number of hydrogen-bond acceptors (Lipinski definition) is 8. The molecule has 10 nitrogen and oxygen atoms in total. The number of thioether (sulfide) groups is 1. The summed E-state index contributed by atoms with van der Waals surface area (Å²) in [4.78, 5) is 52.2. The van der Waals surface area contributed by atoms with Gasteiger partial charge in [-0.1, -0.05) is 40.2 Å². The molecule has 0 radical (unpaired) electrons. The molecule has 0 saturated carbocycles. The van der Waals surface area contributed by atoms with Crippen molar-refractivity contribution in [3.05, 3.63) is 102 Å². The Hall–Kier alpha value is -4.16. The topological polar surface area (TPSA) is 119 Å². The maximum atomic E-state index is 13.2. The van der Waals surface area contributed by atoms with Crippen LogP contribution in [0.1, 0.15) is 29.2 Å². The van der Waals surface area contributed by atoms with Crippen LogP contribution in [0.25, 0.3) is 6.08 Å². The lowest BCUT2D eigenvalue weighted by molar-refractivity contribution is -0.384. The summed E-state index contributed by atoms with van der Waals surface area (Å²) in [5.74, 6) is 0.0520. The molecule has 0 unspecified atom stereocenters. The van der Waals surface area contributed by atoms with Crippen molar-refractivity contribution in [3.63, 3.8) is 0 Å². The molecule has 5 rings (SSSR count). The number of hydrogen-bond donors (Lipinski definition) is 0. The summed E-state index contributed by atoms with van der Waals surface area (Å²) in [7, 11) is 0. The molecule has 2 aliphatic rings. The minimum Gasteiger partial charge on any atom is -0.490 e. The molecule has 3 amide bonds. The molecule has 2 aliphatic heterocycles. The summed E-state index contributed by atoms with van der Waals surface area (Å²) in [6, 6.07) is 17.4. The molecule has 42 heavy (non-hydrogen) atoms. The van der Waals surface area contributed by atoms with Gasteiger partial charge in [-0.3, -0.25) is 29.4 Å². The van der Waals surface area contributed by atoms with Gasteiger partial charge in [-0.2, -0.15) is 0 Å². The lowest BCUT2D eigenvalue weighted by Crippen LogP contribution is -2.44. The summed E-state index contributed by atoms with van der Waals surface area (Å²) in [6.45, 7) is 3.00. The fraction of sp³-hybridized carbons (Fsp3) is 0.233. The van der Waals surface area contributed by atoms with Gasteiger partial charge in [0.1, 0.15) is 13.2 Å². The van der Waals surface area contributed by atoms with E-state index in [1.54, 1.807) is 35.2 Å². The smallest absolute Gasteiger partial charge is 0.294 e. The fourth-order valence-corrected chi connectivity index (χ4v) is 5.90. The van der Waals surface area contributed by atoms with E-state index in [1.165, 1.54) is 17.7 Å². The Morgan fingerprint density at radius 2 is 1.79 bits per heavy atom. The number of imide groups is 1. The van der Waals surface area contributed by atoms with Crippen LogP contribution in [0, 0.1) is 10.1 Å². The van der Waals surface area contributed by atoms with Crippen molar-refractivity contribution in [1.29, 1.82) is 0 Å². The minimum atomic E-state index is -0.529. The molecule has 0 bridgehead atoms. The Morgan fingerprint density at radius 3 is 2.50 bits per heavy atom. The third-order valence-electron chi connectivity index (χ3n) is 6.84. The molecule has 2 heterocycles. The number of fused-ring (bicyclic) bond motifs is 1. The van der Waals surface area contributed by atoms with Gasteiger partial charge in [0.15, 0.2) is 11.5 Å². The number of rotatable bonds is 9. The Bertz CT molecular complexity index is 1590. The lowest BCUT2D eigenvalue weighted by Gasteiger charge is -2.29. The zero-order valence-electron chi connectivity index (χ0n) is 22.6. The van der Waals surface area contributed by atoms with Crippen molar-refractivity contribution >= 4 is 56.5 Å². The van der Waals surface area contributed by atoms with Gasteiger partial charge in [0.05, 0.1) is 16.4 Å². The van der Waals surface area contributed by atoms with Crippen LogP contribution in [0.3, 0.4) is 0 Å². The number of nitro groups is 1. The summed E-state index contributed by atoms with van der Waals surface area (Å²) in [6.07, 6.45) is 2.31. The van der Waals surface area contributed by atoms with Crippen LogP contribution in [0.5, 0.6) is 11.5 Å². The van der Waals surface area contributed by atoms with E-state index in [-0.39, 0.29) is 29.7 Å². The van der Waals surface area contributed by atoms with Crippen LogP contribution < -0.4 is 9.47 Å². The highest BCUT2D eigenvalue weighted by atomic mass is 79.9. The van der Waals surface area contributed by atoms with Crippen LogP contribution in [0.2, 0.25) is 0 Å². The molecular formula is C30H26BrN3O7S. The number of halogens is 1. The van der Waals surface area contributed by atoms with Crippen LogP contribution in [-0.4, -0.2) is 51.5 Å². The van der Waals surface area contributed by atoms with Gasteiger partial charge in [-0.05, 0) is 77.7 Å². The number of carbonyl (C=O) groups is 3. The Kier molecular flexibility index (Phi) is 8.93. The van der Waals surface area contributed by atoms with Crippen molar-refractivity contribution < 1.29 is 28.8 Å². The maximum absolute atomic E-state index is 13.2. The standard InChI is InChI=1S/C30H26BrN3O7S/c1-2-40-25-13-22(24(31)15-26(25)41-18-19-7-9-23(10-8-19)34(38)39)14-27-29(36)33(30(37)42-27)17-28(35)32-12-11-20-5-3-4-6-21(20)16-32/h3-10,13-15H,2,11-12,16-18H2,1H3/b27-14-. The summed E-state index contributed by atoms with van der Waals surface area (Å²) < 4.78 is 12.3. The monoisotopic (exact) mass is 651 g/mol. The molecule has 0 N–H and O–H groups in total. The molecule has 0 spiro atoms. The average Bonchev–Trinajstić information content (AvgIpc) is 3.25. The van der Waals surface area contributed by atoms with Gasteiger partial charge < -0.3 is 14.4 Å². The first kappa shape index (κ1) is 29.3. The zero-order valence-corrected chi connectivity index (χ0v) is 25.0. The van der Waals surface area contributed by atoms with E-state index < -0.39 is 16.1 Å². The van der Waals surface area contributed by atoms with E-state index in [1.807, 2.05) is 31.2 Å². The number of amides is 3. The molecule has 0 aromatic heterocycles. The van der Waals surface area contributed by atoms with Gasteiger partial charge in [0.25, 0.3) is 16.8 Å². The van der Waals surface area contributed by atoms with Gasteiger partial charge in [0, 0.05) is 29.7 Å². The van der Waals surface area contributed by atoms with Crippen molar-refractivity contribution in [2.24, 2.45) is 0 Å². The normalized spacial score (nSPS) is 15.6. The summed E-state index contributed by atoms with van der Waals surface area (Å²) in [5, 5.41) is 10.4. The maximum Gasteiger partial charge on any atom is 0.294 e. The largest absolute Gasteiger partial charge is 0.490 e. The predicted molar refractivity (Wildman–Crippen MR) is 161 cm³/mol. The molecule has 216 valence electrons. The van der Waals surface area contributed by atoms with E-state index in [2.05, 4.69) is 15.9 Å². The summed E-state index contributed by atoms with van der Waals surface area (Å²) >= 11 is 4.30. The van der Waals surface area contributed by atoms with Crippen LogP contribution in [0.4, 0.5) is 10.5 Å². The van der Waals surface area contributed by atoms with Crippen molar-refractivity contribution in [1.82, 2.24) is 9.80 Å². The van der Waals surface area contributed by atoms with Crippen molar-refractivity contribution in [2.75, 3.05) is 19.7 Å². The van der Waals surface area contributed by atoms with E-state index in [0.29, 0.717) is 41.2 Å². The molecular weight excluding hydrogens is 626 g/mol. The number of non-ortho nitro benzene ring substituents is 1. The SMILES string of the molecule is CCOc1cc(/C=C2\SC(=O)N(CC(=O)N3CCc4ccccc4C3)C2=O)c(Br)cc1OCc1ccc([N+](=O)[O-])cc1. The van der Waals surface area contributed by atoms with E-state index in [4.69, 9.17) is 9.47 Å². The first-order valence-corrected chi connectivity index (χ1v) is 14.8. The van der Waals surface area contributed by atoms with E-state index in [9.17, 15) is 24.5 Å². The molecule has 0 aliphatic carbocycles. The Morgan fingerprint density at radius 1 is 1.07 bits per heavy atom. The molecule has 3 aromatic rings. The lowest BCUT2D eigenvalue weighted by atomic mass is 10.00. The molecule has 12 heteroatoms. The molecule has 1 saturated heterocycles. The first-order chi connectivity index (χ1) is 20.2. The van der Waals surface area contributed by atoms with Gasteiger partial charge in [0.2, 0.25) is 5.91 Å². The number of nitrogens with zero attached hydrogens (tertiary/aromatic N) is 3. The second kappa shape index (κ2) is 12.8. The van der Waals surface area contributed by atoms with Crippen LogP contribution in [0.15, 0.2) is 70.0 Å². The molecule has 0 atom stereocenters. The Balaban J connectivity index is 1.28. The quantitative estimate of drug-likeness (QED) is 0.158. The zero-order chi connectivity index (χ0) is 29.8. The third-order valence-corrected chi connectivity index (χ3v) is 8.44. The first-order valence-electron chi connectivity index (χ1n) is 13.2. The molecule has 3 aromatic carbocycles. The second-order valence-electron chi connectivity index (χ2n) is 9.57. The fourth-order valence-electron chi connectivity index (χ4n) is 4.64. The number of nitro benzene ring substituents is 1. The molecule has 1 fully saturated rings. The summed E-state index contributed by atoms with van der Waals surface area (Å²) in [5.41, 5.74) is 3.59. The van der Waals surface area contributed by atoms with Crippen molar-refractivity contribution in [3.8, 4) is 11.5 Å². The highest BCUT2D eigenvalue weighted by molar-refractivity contribution is 9.10.